The molecule has 0 spiro atoms. The molecule has 0 saturated heterocycles. The standard InChI is InChI=1S/C10H21NO/c1-8-4-3-5-9(2)10(8,12)6-7-11/h8-9,12H,3-7,11H2,1-2H3. The first-order chi connectivity index (χ1) is 5.61. The number of aliphatic hydroxyl groups is 1. The quantitative estimate of drug-likeness (QED) is 0.661. The minimum absolute atomic E-state index is 0.421. The van der Waals surface area contributed by atoms with Crippen molar-refractivity contribution in [2.24, 2.45) is 17.6 Å². The molecule has 2 heteroatoms. The zero-order chi connectivity index (χ0) is 9.19. The Morgan fingerprint density at radius 1 is 1.33 bits per heavy atom. The van der Waals surface area contributed by atoms with E-state index in [1.807, 2.05) is 0 Å². The Morgan fingerprint density at radius 3 is 2.25 bits per heavy atom. The van der Waals surface area contributed by atoms with Gasteiger partial charge in [0.1, 0.15) is 0 Å². The van der Waals surface area contributed by atoms with Crippen molar-refractivity contribution in [3.8, 4) is 0 Å². The summed E-state index contributed by atoms with van der Waals surface area (Å²) in [7, 11) is 0. The third-order valence-electron chi connectivity index (χ3n) is 3.53. The van der Waals surface area contributed by atoms with Gasteiger partial charge in [-0.25, -0.2) is 0 Å². The van der Waals surface area contributed by atoms with Crippen LogP contribution in [0.2, 0.25) is 0 Å². The van der Waals surface area contributed by atoms with Crippen LogP contribution in [0, 0.1) is 11.8 Å². The van der Waals surface area contributed by atoms with Crippen molar-refractivity contribution in [3.05, 3.63) is 0 Å². The summed E-state index contributed by atoms with van der Waals surface area (Å²) in [6.07, 6.45) is 4.33. The van der Waals surface area contributed by atoms with Crippen molar-refractivity contribution < 1.29 is 5.11 Å². The first-order valence-corrected chi connectivity index (χ1v) is 5.03. The minimum Gasteiger partial charge on any atom is -0.389 e. The van der Waals surface area contributed by atoms with Crippen LogP contribution in [0.25, 0.3) is 0 Å². The van der Waals surface area contributed by atoms with E-state index in [1.165, 1.54) is 6.42 Å². The highest BCUT2D eigenvalue weighted by molar-refractivity contribution is 4.92. The zero-order valence-corrected chi connectivity index (χ0v) is 8.21. The van der Waals surface area contributed by atoms with Gasteiger partial charge < -0.3 is 10.8 Å². The fraction of sp³-hybridized carbons (Fsp3) is 1.00. The number of hydrogen-bond donors (Lipinski definition) is 2. The fourth-order valence-corrected chi connectivity index (χ4v) is 2.44. The number of rotatable bonds is 2. The van der Waals surface area contributed by atoms with Crippen LogP contribution in [0.3, 0.4) is 0 Å². The Labute approximate surface area is 75.2 Å². The van der Waals surface area contributed by atoms with Crippen molar-refractivity contribution in [3.63, 3.8) is 0 Å². The highest BCUT2D eigenvalue weighted by Crippen LogP contribution is 2.39. The lowest BCUT2D eigenvalue weighted by Gasteiger charge is -2.43. The molecule has 1 fully saturated rings. The van der Waals surface area contributed by atoms with Gasteiger partial charge in [0.25, 0.3) is 0 Å². The van der Waals surface area contributed by atoms with E-state index >= 15 is 0 Å². The Kier molecular flexibility index (Phi) is 3.13. The molecule has 0 radical (unpaired) electrons. The van der Waals surface area contributed by atoms with Crippen LogP contribution < -0.4 is 5.73 Å². The smallest absolute Gasteiger partial charge is 0.0710 e. The molecule has 12 heavy (non-hydrogen) atoms. The molecule has 0 amide bonds. The summed E-state index contributed by atoms with van der Waals surface area (Å²) in [6, 6.07) is 0. The van der Waals surface area contributed by atoms with Gasteiger partial charge in [-0.2, -0.15) is 0 Å². The zero-order valence-electron chi connectivity index (χ0n) is 8.21. The second-order valence-electron chi connectivity index (χ2n) is 4.26. The molecule has 0 aromatic carbocycles. The van der Waals surface area contributed by atoms with Gasteiger partial charge in [0.15, 0.2) is 0 Å². The molecule has 0 aromatic rings. The molecule has 1 rings (SSSR count). The maximum absolute atomic E-state index is 10.3. The monoisotopic (exact) mass is 171 g/mol. The Bertz CT molecular complexity index is 137. The number of hydrogen-bond acceptors (Lipinski definition) is 2. The molecule has 1 aliphatic carbocycles. The molecule has 0 heterocycles. The van der Waals surface area contributed by atoms with E-state index in [1.54, 1.807) is 0 Å². The van der Waals surface area contributed by atoms with E-state index in [4.69, 9.17) is 5.73 Å². The molecule has 1 aliphatic rings. The van der Waals surface area contributed by atoms with Crippen molar-refractivity contribution in [1.29, 1.82) is 0 Å². The van der Waals surface area contributed by atoms with Gasteiger partial charge >= 0.3 is 0 Å². The van der Waals surface area contributed by atoms with Gasteiger partial charge in [0, 0.05) is 0 Å². The highest BCUT2D eigenvalue weighted by atomic mass is 16.3. The summed E-state index contributed by atoms with van der Waals surface area (Å²) >= 11 is 0. The van der Waals surface area contributed by atoms with E-state index in [2.05, 4.69) is 13.8 Å². The topological polar surface area (TPSA) is 46.2 Å². The van der Waals surface area contributed by atoms with Crippen LogP contribution >= 0.6 is 0 Å². The van der Waals surface area contributed by atoms with Crippen molar-refractivity contribution >= 4 is 0 Å². The second kappa shape index (κ2) is 3.75. The first-order valence-electron chi connectivity index (χ1n) is 5.03. The Balaban J connectivity index is 2.66. The Hall–Kier alpha value is -0.0800. The maximum Gasteiger partial charge on any atom is 0.0710 e. The van der Waals surface area contributed by atoms with Crippen molar-refractivity contribution in [1.82, 2.24) is 0 Å². The molecular formula is C10H21NO. The average molecular weight is 171 g/mol. The summed E-state index contributed by atoms with van der Waals surface area (Å²) in [5.41, 5.74) is 5.03. The van der Waals surface area contributed by atoms with Gasteiger partial charge in [-0.05, 0) is 37.6 Å². The van der Waals surface area contributed by atoms with Gasteiger partial charge in [-0.3, -0.25) is 0 Å². The van der Waals surface area contributed by atoms with Gasteiger partial charge in [-0.1, -0.05) is 20.3 Å². The van der Waals surface area contributed by atoms with Gasteiger partial charge in [0.05, 0.1) is 5.60 Å². The second-order valence-corrected chi connectivity index (χ2v) is 4.26. The van der Waals surface area contributed by atoms with E-state index in [0.29, 0.717) is 18.4 Å². The predicted octanol–water partition coefficient (Wildman–Crippen LogP) is 1.52. The molecule has 2 atom stereocenters. The summed E-state index contributed by atoms with van der Waals surface area (Å²) in [4.78, 5) is 0. The lowest BCUT2D eigenvalue weighted by molar-refractivity contribution is -0.0864. The Morgan fingerprint density at radius 2 is 1.83 bits per heavy atom. The third-order valence-corrected chi connectivity index (χ3v) is 3.53. The summed E-state index contributed by atoms with van der Waals surface area (Å²) in [5, 5.41) is 10.3. The lowest BCUT2D eigenvalue weighted by Crippen LogP contribution is -2.47. The van der Waals surface area contributed by atoms with Gasteiger partial charge in [-0.15, -0.1) is 0 Å². The average Bonchev–Trinajstić information content (AvgIpc) is 2.02. The van der Waals surface area contributed by atoms with Crippen LogP contribution in [0.5, 0.6) is 0 Å². The van der Waals surface area contributed by atoms with E-state index < -0.39 is 5.60 Å². The minimum atomic E-state index is -0.479. The summed E-state index contributed by atoms with van der Waals surface area (Å²) in [6.45, 7) is 4.89. The highest BCUT2D eigenvalue weighted by Gasteiger charge is 2.40. The number of nitrogens with two attached hydrogens (primary N) is 1. The van der Waals surface area contributed by atoms with E-state index in [9.17, 15) is 5.11 Å². The molecular weight excluding hydrogens is 150 g/mol. The molecule has 0 bridgehead atoms. The van der Waals surface area contributed by atoms with Crippen molar-refractivity contribution in [2.75, 3.05) is 6.54 Å². The summed E-state index contributed by atoms with van der Waals surface area (Å²) < 4.78 is 0. The van der Waals surface area contributed by atoms with E-state index in [0.717, 1.165) is 19.3 Å². The maximum atomic E-state index is 10.3. The molecule has 0 aliphatic heterocycles. The SMILES string of the molecule is CC1CCCC(C)C1(O)CCN. The van der Waals surface area contributed by atoms with Crippen LogP contribution in [0.1, 0.15) is 39.5 Å². The van der Waals surface area contributed by atoms with E-state index in [-0.39, 0.29) is 0 Å². The van der Waals surface area contributed by atoms with Gasteiger partial charge in [0.2, 0.25) is 0 Å². The normalized spacial score (nSPS) is 43.0. The molecule has 72 valence electrons. The molecule has 2 unspecified atom stereocenters. The van der Waals surface area contributed by atoms with Crippen LogP contribution in [-0.2, 0) is 0 Å². The fourth-order valence-electron chi connectivity index (χ4n) is 2.44. The lowest BCUT2D eigenvalue weighted by atomic mass is 9.68. The first kappa shape index (κ1) is 10.0. The third kappa shape index (κ3) is 1.64. The van der Waals surface area contributed by atoms with Crippen LogP contribution in [-0.4, -0.2) is 17.3 Å². The van der Waals surface area contributed by atoms with Crippen molar-refractivity contribution in [2.45, 2.75) is 45.1 Å². The molecule has 1 saturated carbocycles. The molecule has 0 aromatic heterocycles. The molecule has 3 N–H and O–H groups in total. The molecule has 2 nitrogen and oxygen atoms in total. The predicted molar refractivity (Wildman–Crippen MR) is 50.8 cm³/mol. The summed E-state index contributed by atoms with van der Waals surface area (Å²) in [5.74, 6) is 0.842. The largest absolute Gasteiger partial charge is 0.389 e. The van der Waals surface area contributed by atoms with Crippen LogP contribution in [0.4, 0.5) is 0 Å². The van der Waals surface area contributed by atoms with Crippen LogP contribution in [0.15, 0.2) is 0 Å².